The van der Waals surface area contributed by atoms with Crippen LogP contribution in [0.2, 0.25) is 0 Å². The molecule has 6 nitrogen and oxygen atoms in total. The third-order valence-corrected chi connectivity index (χ3v) is 2.68. The van der Waals surface area contributed by atoms with E-state index in [0.29, 0.717) is 13.2 Å². The molecular weight excluding hydrogens is 279 g/mol. The fraction of sp³-hybridized carbons (Fsp3) is 0.429. The van der Waals surface area contributed by atoms with Crippen molar-refractivity contribution in [3.05, 3.63) is 29.6 Å². The minimum absolute atomic E-state index is 0.0613. The lowest BCUT2D eigenvalue weighted by molar-refractivity contribution is 0.0690. The van der Waals surface area contributed by atoms with Crippen molar-refractivity contribution in [1.29, 1.82) is 0 Å². The SMILES string of the molecule is CC(C)OCCN(C)C(=O)Nc1cc(C(=O)O)ccc1F. The fourth-order valence-electron chi connectivity index (χ4n) is 1.49. The van der Waals surface area contributed by atoms with Gasteiger partial charge in [0.25, 0.3) is 0 Å². The second-order valence-corrected chi connectivity index (χ2v) is 4.77. The van der Waals surface area contributed by atoms with Crippen molar-refractivity contribution < 1.29 is 23.8 Å². The third kappa shape index (κ3) is 5.39. The van der Waals surface area contributed by atoms with Crippen LogP contribution in [0, 0.1) is 5.82 Å². The van der Waals surface area contributed by atoms with E-state index in [9.17, 15) is 14.0 Å². The van der Waals surface area contributed by atoms with Crippen molar-refractivity contribution >= 4 is 17.7 Å². The Hall–Kier alpha value is -2.15. The number of halogens is 1. The smallest absolute Gasteiger partial charge is 0.335 e. The van der Waals surface area contributed by atoms with E-state index in [1.54, 1.807) is 0 Å². The molecule has 2 N–H and O–H groups in total. The molecule has 0 aromatic heterocycles. The lowest BCUT2D eigenvalue weighted by Gasteiger charge is -2.19. The van der Waals surface area contributed by atoms with Gasteiger partial charge in [-0.15, -0.1) is 0 Å². The first-order valence-corrected chi connectivity index (χ1v) is 6.47. The molecule has 7 heteroatoms. The number of amides is 2. The second-order valence-electron chi connectivity index (χ2n) is 4.77. The molecule has 0 heterocycles. The summed E-state index contributed by atoms with van der Waals surface area (Å²) < 4.78 is 18.9. The van der Waals surface area contributed by atoms with Crippen LogP contribution < -0.4 is 5.32 Å². The highest BCUT2D eigenvalue weighted by atomic mass is 19.1. The number of urea groups is 1. The molecule has 1 aromatic rings. The number of aromatic carboxylic acids is 1. The molecule has 0 aliphatic carbocycles. The van der Waals surface area contributed by atoms with Gasteiger partial charge in [0.05, 0.1) is 24.0 Å². The zero-order chi connectivity index (χ0) is 16.0. The van der Waals surface area contributed by atoms with Crippen LogP contribution in [0.3, 0.4) is 0 Å². The van der Waals surface area contributed by atoms with Crippen molar-refractivity contribution in [2.75, 3.05) is 25.5 Å². The van der Waals surface area contributed by atoms with E-state index >= 15 is 0 Å². The molecule has 0 radical (unpaired) electrons. The number of hydrogen-bond donors (Lipinski definition) is 2. The molecule has 0 spiro atoms. The van der Waals surface area contributed by atoms with Gasteiger partial charge in [-0.1, -0.05) is 0 Å². The summed E-state index contributed by atoms with van der Waals surface area (Å²) in [5.74, 6) is -1.88. The summed E-state index contributed by atoms with van der Waals surface area (Å²) in [6.07, 6.45) is 0.0613. The Labute approximate surface area is 122 Å². The quantitative estimate of drug-likeness (QED) is 0.845. The van der Waals surface area contributed by atoms with E-state index in [1.165, 1.54) is 11.9 Å². The predicted octanol–water partition coefficient (Wildman–Crippen LogP) is 2.41. The van der Waals surface area contributed by atoms with E-state index in [1.807, 2.05) is 13.8 Å². The van der Waals surface area contributed by atoms with Crippen molar-refractivity contribution in [2.24, 2.45) is 0 Å². The van der Waals surface area contributed by atoms with E-state index in [0.717, 1.165) is 18.2 Å². The number of benzene rings is 1. The number of nitrogens with one attached hydrogen (secondary N) is 1. The summed E-state index contributed by atoms with van der Waals surface area (Å²) in [6.45, 7) is 4.46. The first kappa shape index (κ1) is 16.9. The topological polar surface area (TPSA) is 78.9 Å². The average Bonchev–Trinajstić information content (AvgIpc) is 2.40. The molecular formula is C14H19FN2O4. The minimum atomic E-state index is -1.19. The van der Waals surface area contributed by atoms with Gasteiger partial charge in [0.2, 0.25) is 0 Å². The number of rotatable bonds is 6. The van der Waals surface area contributed by atoms with Crippen molar-refractivity contribution in [3.63, 3.8) is 0 Å². The molecule has 0 bridgehead atoms. The number of likely N-dealkylation sites (N-methyl/N-ethyl adjacent to an activating group) is 1. The van der Waals surface area contributed by atoms with Gasteiger partial charge in [-0.2, -0.15) is 0 Å². The Bertz CT molecular complexity index is 520. The first-order valence-electron chi connectivity index (χ1n) is 6.47. The fourth-order valence-corrected chi connectivity index (χ4v) is 1.49. The molecule has 2 amide bonds. The van der Waals surface area contributed by atoms with Crippen LogP contribution in [0.4, 0.5) is 14.9 Å². The molecule has 1 aromatic carbocycles. The Morgan fingerprint density at radius 2 is 2.10 bits per heavy atom. The highest BCUT2D eigenvalue weighted by Gasteiger charge is 2.13. The zero-order valence-corrected chi connectivity index (χ0v) is 12.2. The van der Waals surface area contributed by atoms with Gasteiger partial charge in [-0.05, 0) is 32.0 Å². The van der Waals surface area contributed by atoms with Gasteiger partial charge in [-0.25, -0.2) is 14.0 Å². The number of hydrogen-bond acceptors (Lipinski definition) is 3. The lowest BCUT2D eigenvalue weighted by Crippen LogP contribution is -2.34. The maximum absolute atomic E-state index is 13.6. The largest absolute Gasteiger partial charge is 0.478 e. The number of carboxylic acids is 1. The van der Waals surface area contributed by atoms with Crippen molar-refractivity contribution in [3.8, 4) is 0 Å². The van der Waals surface area contributed by atoms with Gasteiger partial charge >= 0.3 is 12.0 Å². The van der Waals surface area contributed by atoms with Gasteiger partial charge in [0.1, 0.15) is 5.82 Å². The molecule has 1 rings (SSSR count). The number of carboxylic acid groups (broad SMARTS) is 1. The Morgan fingerprint density at radius 1 is 1.43 bits per heavy atom. The molecule has 0 atom stereocenters. The molecule has 0 unspecified atom stereocenters. The van der Waals surface area contributed by atoms with Crippen LogP contribution in [0.15, 0.2) is 18.2 Å². The third-order valence-electron chi connectivity index (χ3n) is 2.68. The zero-order valence-electron chi connectivity index (χ0n) is 12.2. The summed E-state index contributed by atoms with van der Waals surface area (Å²) in [5, 5.41) is 11.2. The highest BCUT2D eigenvalue weighted by Crippen LogP contribution is 2.16. The predicted molar refractivity (Wildman–Crippen MR) is 76.1 cm³/mol. The van der Waals surface area contributed by atoms with Crippen LogP contribution in [-0.4, -0.2) is 48.3 Å². The van der Waals surface area contributed by atoms with E-state index < -0.39 is 17.8 Å². The Kier molecular flexibility index (Phi) is 6.10. The summed E-state index contributed by atoms with van der Waals surface area (Å²) >= 11 is 0. The van der Waals surface area contributed by atoms with Crippen LogP contribution in [0.25, 0.3) is 0 Å². The van der Waals surface area contributed by atoms with E-state index in [2.05, 4.69) is 5.32 Å². The van der Waals surface area contributed by atoms with Crippen molar-refractivity contribution in [1.82, 2.24) is 4.90 Å². The molecule has 0 saturated heterocycles. The van der Waals surface area contributed by atoms with Crippen LogP contribution in [0.1, 0.15) is 24.2 Å². The molecule has 0 fully saturated rings. The summed E-state index contributed by atoms with van der Waals surface area (Å²) in [5.41, 5.74) is -0.269. The minimum Gasteiger partial charge on any atom is -0.478 e. The maximum Gasteiger partial charge on any atom is 0.335 e. The first-order chi connectivity index (χ1) is 9.81. The molecule has 21 heavy (non-hydrogen) atoms. The van der Waals surface area contributed by atoms with E-state index in [4.69, 9.17) is 9.84 Å². The number of ether oxygens (including phenoxy) is 1. The van der Waals surface area contributed by atoms with Crippen LogP contribution >= 0.6 is 0 Å². The van der Waals surface area contributed by atoms with E-state index in [-0.39, 0.29) is 17.4 Å². The second kappa shape index (κ2) is 7.58. The molecule has 0 aliphatic rings. The Balaban J connectivity index is 2.65. The highest BCUT2D eigenvalue weighted by molar-refractivity contribution is 5.93. The normalized spacial score (nSPS) is 10.5. The number of nitrogens with zero attached hydrogens (tertiary/aromatic N) is 1. The van der Waals surface area contributed by atoms with Gasteiger partial charge < -0.3 is 20.1 Å². The molecule has 0 aliphatic heterocycles. The molecule has 0 saturated carbocycles. The van der Waals surface area contributed by atoms with Crippen LogP contribution in [0.5, 0.6) is 0 Å². The summed E-state index contributed by atoms with van der Waals surface area (Å²) in [4.78, 5) is 24.0. The average molecular weight is 298 g/mol. The van der Waals surface area contributed by atoms with Gasteiger partial charge in [0.15, 0.2) is 0 Å². The van der Waals surface area contributed by atoms with Gasteiger partial charge in [0, 0.05) is 13.6 Å². The summed E-state index contributed by atoms with van der Waals surface area (Å²) in [7, 11) is 1.54. The number of anilines is 1. The van der Waals surface area contributed by atoms with Crippen molar-refractivity contribution in [2.45, 2.75) is 20.0 Å². The Morgan fingerprint density at radius 3 is 2.67 bits per heavy atom. The van der Waals surface area contributed by atoms with Crippen LogP contribution in [-0.2, 0) is 4.74 Å². The number of carbonyl (C=O) groups excluding carboxylic acids is 1. The summed E-state index contributed by atoms with van der Waals surface area (Å²) in [6, 6.07) is 2.67. The van der Waals surface area contributed by atoms with Gasteiger partial charge in [-0.3, -0.25) is 0 Å². The molecule has 116 valence electrons. The number of carbonyl (C=O) groups is 2. The monoisotopic (exact) mass is 298 g/mol. The lowest BCUT2D eigenvalue weighted by atomic mass is 10.2. The maximum atomic E-state index is 13.6. The standard InChI is InChI=1S/C14H19FN2O4/c1-9(2)21-7-6-17(3)14(20)16-12-8-10(13(18)19)4-5-11(12)15/h4-5,8-9H,6-7H2,1-3H3,(H,16,20)(H,18,19).